The number of hydrogen-bond acceptors (Lipinski definition) is 2. The summed E-state index contributed by atoms with van der Waals surface area (Å²) in [4.78, 5) is 12.6. The van der Waals surface area contributed by atoms with Gasteiger partial charge in [-0.1, -0.05) is 60.6 Å². The van der Waals surface area contributed by atoms with Crippen LogP contribution in [-0.4, -0.2) is 5.78 Å². The van der Waals surface area contributed by atoms with Gasteiger partial charge in [-0.2, -0.15) is 0 Å². The summed E-state index contributed by atoms with van der Waals surface area (Å²) in [6, 6.07) is 6.38. The molecular formula is C20H28O2. The van der Waals surface area contributed by atoms with Gasteiger partial charge in [0.05, 0.1) is 0 Å². The van der Waals surface area contributed by atoms with E-state index in [1.54, 1.807) is 0 Å². The molecule has 0 atom stereocenters. The average Bonchev–Trinajstić information content (AvgIpc) is 2.43. The molecule has 2 heteroatoms. The largest absolute Gasteiger partial charge is 0.461 e. The highest BCUT2D eigenvalue weighted by molar-refractivity contribution is 5.98. The third-order valence-corrected chi connectivity index (χ3v) is 4.16. The molecule has 1 aliphatic rings. The van der Waals surface area contributed by atoms with E-state index in [1.165, 1.54) is 5.56 Å². The first-order valence-electron chi connectivity index (χ1n) is 8.19. The predicted octanol–water partition coefficient (Wildman–Crippen LogP) is 5.05. The fourth-order valence-corrected chi connectivity index (χ4v) is 2.76. The molecule has 0 aromatic heterocycles. The van der Waals surface area contributed by atoms with Gasteiger partial charge in [0.25, 0.3) is 0 Å². The Morgan fingerprint density at radius 2 is 1.77 bits per heavy atom. The first kappa shape index (κ1) is 16.8. The van der Waals surface area contributed by atoms with Crippen molar-refractivity contribution in [3.8, 4) is 5.75 Å². The minimum Gasteiger partial charge on any atom is -0.461 e. The first-order chi connectivity index (χ1) is 10.1. The molecule has 1 aliphatic heterocycles. The van der Waals surface area contributed by atoms with E-state index in [4.69, 9.17) is 4.74 Å². The smallest absolute Gasteiger partial charge is 0.165 e. The molecule has 2 nitrogen and oxygen atoms in total. The third kappa shape index (κ3) is 3.26. The van der Waals surface area contributed by atoms with Crippen molar-refractivity contribution in [2.24, 2.45) is 11.8 Å². The fourth-order valence-electron chi connectivity index (χ4n) is 2.76. The number of benzene rings is 1. The summed E-state index contributed by atoms with van der Waals surface area (Å²) in [7, 11) is 0. The molecule has 120 valence electrons. The van der Waals surface area contributed by atoms with Crippen LogP contribution in [0.15, 0.2) is 29.5 Å². The van der Waals surface area contributed by atoms with Crippen LogP contribution < -0.4 is 4.74 Å². The Morgan fingerprint density at radius 1 is 1.14 bits per heavy atom. The molecule has 1 heterocycles. The normalized spacial score (nSPS) is 15.1. The van der Waals surface area contributed by atoms with Crippen LogP contribution in [0.3, 0.4) is 0 Å². The lowest BCUT2D eigenvalue weighted by Gasteiger charge is -2.28. The van der Waals surface area contributed by atoms with Crippen molar-refractivity contribution in [3.05, 3.63) is 40.7 Å². The maximum absolute atomic E-state index is 12.6. The van der Waals surface area contributed by atoms with Gasteiger partial charge in [-0.15, -0.1) is 0 Å². The highest BCUT2D eigenvalue weighted by atomic mass is 16.5. The van der Waals surface area contributed by atoms with E-state index < -0.39 is 0 Å². The quantitative estimate of drug-likeness (QED) is 0.780. The van der Waals surface area contributed by atoms with Gasteiger partial charge in [0, 0.05) is 23.8 Å². The van der Waals surface area contributed by atoms with Crippen molar-refractivity contribution < 1.29 is 9.53 Å². The topological polar surface area (TPSA) is 26.3 Å². The Morgan fingerprint density at radius 3 is 2.27 bits per heavy atom. The molecule has 0 N–H and O–H groups in total. The van der Waals surface area contributed by atoms with Crippen LogP contribution in [0.2, 0.25) is 0 Å². The average molecular weight is 300 g/mol. The summed E-state index contributed by atoms with van der Waals surface area (Å²) in [5.74, 6) is 2.16. The summed E-state index contributed by atoms with van der Waals surface area (Å²) in [6.07, 6.45) is 0.684. The molecule has 0 saturated carbocycles. The van der Waals surface area contributed by atoms with Crippen molar-refractivity contribution in [2.75, 3.05) is 0 Å². The monoisotopic (exact) mass is 300 g/mol. The molecule has 0 aliphatic carbocycles. The van der Waals surface area contributed by atoms with Crippen molar-refractivity contribution in [1.82, 2.24) is 0 Å². The maximum Gasteiger partial charge on any atom is 0.165 e. The van der Waals surface area contributed by atoms with Crippen LogP contribution in [-0.2, 0) is 16.6 Å². The zero-order chi connectivity index (χ0) is 16.7. The number of rotatable bonds is 3. The number of Topliss-reactive ketones (excluding diaryl/α,β-unsaturated/α-hetero) is 1. The molecule has 0 amide bonds. The molecular weight excluding hydrogens is 272 g/mol. The molecule has 0 unspecified atom stereocenters. The third-order valence-electron chi connectivity index (χ3n) is 4.16. The van der Waals surface area contributed by atoms with Gasteiger partial charge in [0.2, 0.25) is 0 Å². The summed E-state index contributed by atoms with van der Waals surface area (Å²) < 4.78 is 6.10. The number of allylic oxidation sites excluding steroid dienone is 2. The van der Waals surface area contributed by atoms with Crippen molar-refractivity contribution in [1.29, 1.82) is 0 Å². The fraction of sp³-hybridized carbons (Fsp3) is 0.550. The molecule has 1 aromatic rings. The van der Waals surface area contributed by atoms with E-state index in [1.807, 2.05) is 13.8 Å². The number of fused-ring (bicyclic) bond motifs is 1. The van der Waals surface area contributed by atoms with Crippen molar-refractivity contribution in [2.45, 2.75) is 60.3 Å². The molecule has 1 aromatic carbocycles. The van der Waals surface area contributed by atoms with Crippen LogP contribution in [0.25, 0.3) is 0 Å². The zero-order valence-electron chi connectivity index (χ0n) is 14.9. The molecule has 0 fully saturated rings. The summed E-state index contributed by atoms with van der Waals surface area (Å²) in [5.41, 5.74) is 3.35. The van der Waals surface area contributed by atoms with E-state index in [2.05, 4.69) is 52.8 Å². The second-order valence-corrected chi connectivity index (χ2v) is 7.87. The van der Waals surface area contributed by atoms with Crippen LogP contribution in [0.5, 0.6) is 5.75 Å². The van der Waals surface area contributed by atoms with Gasteiger partial charge < -0.3 is 4.74 Å². The first-order valence-corrected chi connectivity index (χ1v) is 8.19. The summed E-state index contributed by atoms with van der Waals surface area (Å²) >= 11 is 0. The molecule has 0 radical (unpaired) electrons. The van der Waals surface area contributed by atoms with Crippen LogP contribution in [0, 0.1) is 11.8 Å². The van der Waals surface area contributed by atoms with E-state index in [9.17, 15) is 4.79 Å². The standard InChI is InChI=1S/C20H28O2/c1-12(2)18(21)16-11-14-10-15(20(5,6)7)8-9-17(14)22-19(16)13(3)4/h8-10,12-13H,11H2,1-7H3. The lowest BCUT2D eigenvalue weighted by atomic mass is 9.83. The Kier molecular flexibility index (Phi) is 4.51. The lowest BCUT2D eigenvalue weighted by molar-refractivity contribution is -0.118. The Labute approximate surface area is 134 Å². The zero-order valence-corrected chi connectivity index (χ0v) is 14.9. The van der Waals surface area contributed by atoms with Crippen LogP contribution in [0.1, 0.15) is 59.6 Å². The molecule has 2 rings (SSSR count). The van der Waals surface area contributed by atoms with Crippen LogP contribution >= 0.6 is 0 Å². The second kappa shape index (κ2) is 5.91. The number of ether oxygens (including phenoxy) is 1. The van der Waals surface area contributed by atoms with Gasteiger partial charge in [-0.05, 0) is 22.6 Å². The number of carbonyl (C=O) groups is 1. The van der Waals surface area contributed by atoms with Gasteiger partial charge >= 0.3 is 0 Å². The number of hydrogen-bond donors (Lipinski definition) is 0. The van der Waals surface area contributed by atoms with Crippen molar-refractivity contribution >= 4 is 5.78 Å². The second-order valence-electron chi connectivity index (χ2n) is 7.87. The number of ketones is 1. The highest BCUT2D eigenvalue weighted by Gasteiger charge is 2.28. The summed E-state index contributed by atoms with van der Waals surface area (Å²) in [5, 5.41) is 0. The van der Waals surface area contributed by atoms with Gasteiger partial charge in [-0.25, -0.2) is 0 Å². The Balaban J connectivity index is 2.47. The van der Waals surface area contributed by atoms with E-state index in [0.29, 0.717) is 6.42 Å². The SMILES string of the molecule is CC(C)C(=O)C1=C(C(C)C)Oc2ccc(C(C)(C)C)cc2C1. The van der Waals surface area contributed by atoms with Gasteiger partial charge in [-0.3, -0.25) is 4.79 Å². The van der Waals surface area contributed by atoms with E-state index in [-0.39, 0.29) is 23.0 Å². The van der Waals surface area contributed by atoms with E-state index >= 15 is 0 Å². The maximum atomic E-state index is 12.6. The predicted molar refractivity (Wildman–Crippen MR) is 91.2 cm³/mol. The highest BCUT2D eigenvalue weighted by Crippen LogP contribution is 2.37. The lowest BCUT2D eigenvalue weighted by Crippen LogP contribution is -2.23. The van der Waals surface area contributed by atoms with E-state index in [0.717, 1.165) is 22.6 Å². The Bertz CT molecular complexity index is 613. The van der Waals surface area contributed by atoms with Gasteiger partial charge in [0.15, 0.2) is 5.78 Å². The Hall–Kier alpha value is -1.57. The van der Waals surface area contributed by atoms with Gasteiger partial charge in [0.1, 0.15) is 11.5 Å². The summed E-state index contributed by atoms with van der Waals surface area (Å²) in [6.45, 7) is 14.7. The van der Waals surface area contributed by atoms with Crippen molar-refractivity contribution in [3.63, 3.8) is 0 Å². The molecule has 0 bridgehead atoms. The molecule has 22 heavy (non-hydrogen) atoms. The minimum atomic E-state index is -0.000279. The molecule has 0 saturated heterocycles. The molecule has 0 spiro atoms. The number of carbonyl (C=O) groups excluding carboxylic acids is 1. The minimum absolute atomic E-state index is 0.000279. The van der Waals surface area contributed by atoms with Crippen LogP contribution in [0.4, 0.5) is 0 Å².